The molecule has 0 saturated carbocycles. The third-order valence-electron chi connectivity index (χ3n) is 6.47. The number of fused-ring (bicyclic) bond motifs is 5. The number of hydrogen-bond donors (Lipinski definition) is 0. The first-order valence-electron chi connectivity index (χ1n) is 10.1. The molecule has 1 aliphatic carbocycles. The lowest BCUT2D eigenvalue weighted by Gasteiger charge is -2.31. The highest BCUT2D eigenvalue weighted by atomic mass is 16.6. The number of ketones is 1. The average molecular weight is 384 g/mol. The first-order chi connectivity index (χ1) is 13.3. The highest BCUT2D eigenvalue weighted by Gasteiger charge is 2.67. The van der Waals surface area contributed by atoms with Crippen LogP contribution in [0.5, 0.6) is 0 Å². The highest BCUT2D eigenvalue weighted by molar-refractivity contribution is 6.26. The van der Waals surface area contributed by atoms with Gasteiger partial charge in [-0.15, -0.1) is 0 Å². The molecule has 2 heterocycles. The SMILES string of the molecule is CCC(=O)OC1=C(c2c(C)cc(C)cc2C)C(=O)[C@H]2[C@@H]1[C@@H]1CC[C@@]2(COC)O1. The van der Waals surface area contributed by atoms with Gasteiger partial charge in [-0.3, -0.25) is 9.59 Å². The van der Waals surface area contributed by atoms with Gasteiger partial charge < -0.3 is 14.2 Å². The number of allylic oxidation sites excluding steroid dienone is 1. The molecule has 1 aromatic rings. The van der Waals surface area contributed by atoms with Crippen molar-refractivity contribution >= 4 is 17.3 Å². The Labute approximate surface area is 166 Å². The van der Waals surface area contributed by atoms with E-state index in [1.165, 1.54) is 0 Å². The number of hydrogen-bond acceptors (Lipinski definition) is 5. The van der Waals surface area contributed by atoms with Gasteiger partial charge in [-0.25, -0.2) is 0 Å². The van der Waals surface area contributed by atoms with E-state index >= 15 is 0 Å². The number of carbonyl (C=O) groups excluding carboxylic acids is 2. The van der Waals surface area contributed by atoms with Crippen LogP contribution in [0.1, 0.15) is 48.4 Å². The second kappa shape index (κ2) is 6.82. The zero-order valence-corrected chi connectivity index (χ0v) is 17.3. The lowest BCUT2D eigenvalue weighted by Crippen LogP contribution is -2.44. The molecular weight excluding hydrogens is 356 g/mol. The number of carbonyl (C=O) groups is 2. The molecule has 0 radical (unpaired) electrons. The van der Waals surface area contributed by atoms with E-state index in [1.54, 1.807) is 14.0 Å². The summed E-state index contributed by atoms with van der Waals surface area (Å²) in [6.07, 6.45) is 1.81. The van der Waals surface area contributed by atoms with E-state index in [0.717, 1.165) is 35.1 Å². The Morgan fingerprint density at radius 1 is 1.25 bits per heavy atom. The number of benzene rings is 1. The summed E-state index contributed by atoms with van der Waals surface area (Å²) in [6, 6.07) is 4.15. The van der Waals surface area contributed by atoms with Crippen LogP contribution in [-0.4, -0.2) is 37.2 Å². The van der Waals surface area contributed by atoms with Gasteiger partial charge in [-0.2, -0.15) is 0 Å². The quantitative estimate of drug-likeness (QED) is 0.725. The minimum absolute atomic E-state index is 0.0261. The molecule has 1 aromatic carbocycles. The Hall–Kier alpha value is -1.98. The van der Waals surface area contributed by atoms with E-state index in [0.29, 0.717) is 17.9 Å². The molecule has 2 fully saturated rings. The molecular formula is C23H28O5. The molecule has 150 valence electrons. The fourth-order valence-electron chi connectivity index (χ4n) is 5.57. The fourth-order valence-corrected chi connectivity index (χ4v) is 5.57. The van der Waals surface area contributed by atoms with Crippen molar-refractivity contribution in [3.05, 3.63) is 40.1 Å². The van der Waals surface area contributed by atoms with Gasteiger partial charge in [-0.1, -0.05) is 24.6 Å². The Balaban J connectivity index is 1.89. The van der Waals surface area contributed by atoms with Crippen molar-refractivity contribution in [2.75, 3.05) is 13.7 Å². The summed E-state index contributed by atoms with van der Waals surface area (Å²) < 4.78 is 17.5. The number of ether oxygens (including phenoxy) is 3. The van der Waals surface area contributed by atoms with Gasteiger partial charge in [-0.05, 0) is 50.3 Å². The maximum absolute atomic E-state index is 13.7. The second-order valence-corrected chi connectivity index (χ2v) is 8.40. The molecule has 2 saturated heterocycles. The summed E-state index contributed by atoms with van der Waals surface area (Å²) in [5.41, 5.74) is 4.06. The topological polar surface area (TPSA) is 61.8 Å². The molecule has 3 aliphatic rings. The third-order valence-corrected chi connectivity index (χ3v) is 6.47. The van der Waals surface area contributed by atoms with E-state index in [2.05, 4.69) is 12.1 Å². The van der Waals surface area contributed by atoms with Crippen LogP contribution in [0.15, 0.2) is 17.9 Å². The first-order valence-corrected chi connectivity index (χ1v) is 10.1. The zero-order chi connectivity index (χ0) is 20.2. The van der Waals surface area contributed by atoms with Crippen LogP contribution in [-0.2, 0) is 23.8 Å². The monoisotopic (exact) mass is 384 g/mol. The lowest BCUT2D eigenvalue weighted by molar-refractivity contribution is -0.140. The van der Waals surface area contributed by atoms with Crippen LogP contribution < -0.4 is 0 Å². The van der Waals surface area contributed by atoms with Crippen molar-refractivity contribution in [2.24, 2.45) is 11.8 Å². The Morgan fingerprint density at radius 2 is 1.93 bits per heavy atom. The van der Waals surface area contributed by atoms with Crippen molar-refractivity contribution in [3.8, 4) is 0 Å². The van der Waals surface area contributed by atoms with Crippen molar-refractivity contribution in [2.45, 2.75) is 58.7 Å². The van der Waals surface area contributed by atoms with Gasteiger partial charge in [0, 0.05) is 13.5 Å². The summed E-state index contributed by atoms with van der Waals surface area (Å²) in [5.74, 6) is -0.326. The maximum Gasteiger partial charge on any atom is 0.310 e. The Kier molecular flexibility index (Phi) is 4.71. The molecule has 0 aromatic heterocycles. The van der Waals surface area contributed by atoms with Crippen LogP contribution in [0, 0.1) is 32.6 Å². The molecule has 5 heteroatoms. The van der Waals surface area contributed by atoms with Crippen LogP contribution >= 0.6 is 0 Å². The standard InChI is InChI=1S/C23H28O5/c1-6-16(24)27-22-18-15-7-8-23(28-15,11-26-5)20(18)21(25)19(22)17-13(3)9-12(2)10-14(17)4/h9-10,15,18,20H,6-8,11H2,1-5H3/t15-,18-,20+,23-/m0/s1. The van der Waals surface area contributed by atoms with Gasteiger partial charge in [0.25, 0.3) is 0 Å². The van der Waals surface area contributed by atoms with Crippen LogP contribution in [0.4, 0.5) is 0 Å². The first kappa shape index (κ1) is 19.3. The van der Waals surface area contributed by atoms with E-state index in [9.17, 15) is 9.59 Å². The summed E-state index contributed by atoms with van der Waals surface area (Å²) in [6.45, 7) is 8.22. The number of Topliss-reactive ketones (excluding diaryl/α,β-unsaturated/α-hetero) is 1. The maximum atomic E-state index is 13.7. The summed E-state index contributed by atoms with van der Waals surface area (Å²) in [4.78, 5) is 26.0. The van der Waals surface area contributed by atoms with Crippen LogP contribution in [0.2, 0.25) is 0 Å². The molecule has 0 spiro atoms. The molecule has 5 nitrogen and oxygen atoms in total. The van der Waals surface area contributed by atoms with Gasteiger partial charge in [0.2, 0.25) is 0 Å². The zero-order valence-electron chi connectivity index (χ0n) is 17.3. The van der Waals surface area contributed by atoms with Gasteiger partial charge in [0.1, 0.15) is 11.4 Å². The van der Waals surface area contributed by atoms with Gasteiger partial charge in [0.05, 0.1) is 30.1 Å². The Morgan fingerprint density at radius 3 is 2.54 bits per heavy atom. The fraction of sp³-hybridized carbons (Fsp3) is 0.565. The minimum atomic E-state index is -0.612. The smallest absolute Gasteiger partial charge is 0.310 e. The summed E-state index contributed by atoms with van der Waals surface area (Å²) >= 11 is 0. The lowest BCUT2D eigenvalue weighted by atomic mass is 9.72. The predicted molar refractivity (Wildman–Crippen MR) is 105 cm³/mol. The number of rotatable bonds is 5. The minimum Gasteiger partial charge on any atom is -0.430 e. The normalized spacial score (nSPS) is 30.9. The van der Waals surface area contributed by atoms with Crippen molar-refractivity contribution in [3.63, 3.8) is 0 Å². The van der Waals surface area contributed by atoms with Crippen molar-refractivity contribution < 1.29 is 23.8 Å². The van der Waals surface area contributed by atoms with E-state index in [1.807, 2.05) is 20.8 Å². The third kappa shape index (κ3) is 2.67. The van der Waals surface area contributed by atoms with Gasteiger partial charge in [0.15, 0.2) is 5.78 Å². The van der Waals surface area contributed by atoms with Crippen molar-refractivity contribution in [1.82, 2.24) is 0 Å². The van der Waals surface area contributed by atoms with E-state index in [4.69, 9.17) is 14.2 Å². The molecule has 2 bridgehead atoms. The predicted octanol–water partition coefficient (Wildman–Crippen LogP) is 3.67. The summed E-state index contributed by atoms with van der Waals surface area (Å²) in [5, 5.41) is 0. The van der Waals surface area contributed by atoms with Crippen molar-refractivity contribution in [1.29, 1.82) is 0 Å². The van der Waals surface area contributed by atoms with Crippen LogP contribution in [0.25, 0.3) is 5.57 Å². The number of methoxy groups -OCH3 is 1. The van der Waals surface area contributed by atoms with E-state index < -0.39 is 5.60 Å². The Bertz CT molecular complexity index is 860. The molecule has 28 heavy (non-hydrogen) atoms. The van der Waals surface area contributed by atoms with E-state index in [-0.39, 0.29) is 36.1 Å². The molecule has 0 amide bonds. The molecule has 0 unspecified atom stereocenters. The molecule has 2 aliphatic heterocycles. The molecule has 4 atom stereocenters. The summed E-state index contributed by atoms with van der Waals surface area (Å²) in [7, 11) is 1.64. The highest BCUT2D eigenvalue weighted by Crippen LogP contribution is 2.60. The second-order valence-electron chi connectivity index (χ2n) is 8.40. The molecule has 0 N–H and O–H groups in total. The number of aryl methyl sites for hydroxylation is 3. The largest absolute Gasteiger partial charge is 0.430 e. The van der Waals surface area contributed by atoms with Gasteiger partial charge >= 0.3 is 5.97 Å². The average Bonchev–Trinajstić information content (AvgIpc) is 3.26. The molecule has 4 rings (SSSR count). The van der Waals surface area contributed by atoms with Crippen LogP contribution in [0.3, 0.4) is 0 Å². The number of esters is 1.